The second-order valence-electron chi connectivity index (χ2n) is 7.79. The van der Waals surface area contributed by atoms with Crippen molar-refractivity contribution in [2.24, 2.45) is 0 Å². The fourth-order valence-electron chi connectivity index (χ4n) is 3.41. The molecule has 1 atom stereocenters. The van der Waals surface area contributed by atoms with E-state index in [1.807, 2.05) is 6.92 Å². The standard InChI is InChI=1S/C24H23N3O3S3/c1-15-4-6-18(7-5-15)20-12-31-23-22(20)24(26-14-25-23)32-13-21(28)27-16(2)17-8-10-19(11-9-17)33(3,29)30/h4-12,14,16H,13H2,1-3H3,(H,27,28)/t16-/m0/s1. The van der Waals surface area contributed by atoms with E-state index in [0.717, 1.165) is 31.9 Å². The first kappa shape index (κ1) is 23.4. The number of aromatic nitrogens is 2. The van der Waals surface area contributed by atoms with E-state index in [1.54, 1.807) is 35.6 Å². The first-order chi connectivity index (χ1) is 15.7. The second kappa shape index (κ2) is 9.62. The van der Waals surface area contributed by atoms with Crippen molar-refractivity contribution < 1.29 is 13.2 Å². The minimum atomic E-state index is -3.25. The van der Waals surface area contributed by atoms with Crippen LogP contribution in [0.4, 0.5) is 0 Å². The van der Waals surface area contributed by atoms with Crippen LogP contribution in [0, 0.1) is 6.92 Å². The highest BCUT2D eigenvalue weighted by atomic mass is 32.2. The maximum Gasteiger partial charge on any atom is 0.230 e. The molecular weight excluding hydrogens is 474 g/mol. The van der Waals surface area contributed by atoms with Crippen LogP contribution in [-0.4, -0.2) is 36.3 Å². The Morgan fingerprint density at radius 3 is 2.45 bits per heavy atom. The topological polar surface area (TPSA) is 89.0 Å². The average Bonchev–Trinajstić information content (AvgIpc) is 3.22. The monoisotopic (exact) mass is 497 g/mol. The van der Waals surface area contributed by atoms with E-state index in [0.29, 0.717) is 0 Å². The Morgan fingerprint density at radius 1 is 1.09 bits per heavy atom. The number of nitrogens with zero attached hydrogens (tertiary/aromatic N) is 2. The quantitative estimate of drug-likeness (QED) is 0.284. The van der Waals surface area contributed by atoms with E-state index in [-0.39, 0.29) is 22.6 Å². The minimum Gasteiger partial charge on any atom is -0.349 e. The average molecular weight is 498 g/mol. The van der Waals surface area contributed by atoms with Gasteiger partial charge in [-0.25, -0.2) is 18.4 Å². The predicted octanol–water partition coefficient (Wildman–Crippen LogP) is 5.04. The van der Waals surface area contributed by atoms with Crippen molar-refractivity contribution in [1.29, 1.82) is 0 Å². The van der Waals surface area contributed by atoms with Crippen LogP contribution in [-0.2, 0) is 14.6 Å². The van der Waals surface area contributed by atoms with E-state index in [1.165, 1.54) is 29.9 Å². The zero-order valence-corrected chi connectivity index (χ0v) is 20.9. The molecule has 170 valence electrons. The highest BCUT2D eigenvalue weighted by molar-refractivity contribution is 8.00. The molecule has 2 heterocycles. The molecule has 0 aliphatic carbocycles. The lowest BCUT2D eigenvalue weighted by atomic mass is 10.1. The molecule has 33 heavy (non-hydrogen) atoms. The van der Waals surface area contributed by atoms with E-state index >= 15 is 0 Å². The van der Waals surface area contributed by atoms with Crippen molar-refractivity contribution in [2.45, 2.75) is 29.8 Å². The summed E-state index contributed by atoms with van der Waals surface area (Å²) in [7, 11) is -3.25. The Morgan fingerprint density at radius 2 is 1.79 bits per heavy atom. The molecule has 0 saturated carbocycles. The normalized spacial score (nSPS) is 12.6. The summed E-state index contributed by atoms with van der Waals surface area (Å²) in [4.78, 5) is 22.6. The molecule has 0 spiro atoms. The number of hydrogen-bond acceptors (Lipinski definition) is 7. The van der Waals surface area contributed by atoms with Gasteiger partial charge < -0.3 is 5.32 Å². The summed E-state index contributed by atoms with van der Waals surface area (Å²) >= 11 is 2.95. The Kier molecular flexibility index (Phi) is 6.83. The molecule has 0 saturated heterocycles. The Labute approximate surface area is 201 Å². The lowest BCUT2D eigenvalue weighted by Gasteiger charge is -2.14. The zero-order valence-electron chi connectivity index (χ0n) is 18.4. The summed E-state index contributed by atoms with van der Waals surface area (Å²) in [5, 5.41) is 6.79. The number of aryl methyl sites for hydroxylation is 1. The maximum atomic E-state index is 12.6. The number of amides is 1. The summed E-state index contributed by atoms with van der Waals surface area (Å²) in [6.45, 7) is 3.93. The molecule has 4 aromatic rings. The molecule has 0 aliphatic rings. The van der Waals surface area contributed by atoms with Crippen molar-refractivity contribution >= 4 is 49.1 Å². The van der Waals surface area contributed by atoms with E-state index in [9.17, 15) is 13.2 Å². The van der Waals surface area contributed by atoms with Crippen LogP contribution < -0.4 is 5.32 Å². The highest BCUT2D eigenvalue weighted by Gasteiger charge is 2.16. The van der Waals surface area contributed by atoms with Gasteiger partial charge in [0.05, 0.1) is 22.1 Å². The number of thioether (sulfide) groups is 1. The van der Waals surface area contributed by atoms with Crippen LogP contribution in [0.15, 0.2) is 70.2 Å². The lowest BCUT2D eigenvalue weighted by molar-refractivity contribution is -0.119. The van der Waals surface area contributed by atoms with Gasteiger partial charge in [0.2, 0.25) is 5.91 Å². The van der Waals surface area contributed by atoms with Gasteiger partial charge in [0.1, 0.15) is 16.2 Å². The summed E-state index contributed by atoms with van der Waals surface area (Å²) in [5.74, 6) is 0.0831. The number of thiophene rings is 1. The first-order valence-electron chi connectivity index (χ1n) is 10.2. The number of sulfone groups is 1. The maximum absolute atomic E-state index is 12.6. The van der Waals surface area contributed by atoms with Gasteiger partial charge in [0.15, 0.2) is 9.84 Å². The molecule has 1 N–H and O–H groups in total. The van der Waals surface area contributed by atoms with Crippen LogP contribution in [0.1, 0.15) is 24.1 Å². The molecular formula is C24H23N3O3S3. The number of carbonyl (C=O) groups is 1. The van der Waals surface area contributed by atoms with Crippen molar-refractivity contribution in [3.05, 3.63) is 71.4 Å². The largest absolute Gasteiger partial charge is 0.349 e. The van der Waals surface area contributed by atoms with E-state index in [2.05, 4.69) is 51.9 Å². The molecule has 1 amide bonds. The Hall–Kier alpha value is -2.75. The number of carbonyl (C=O) groups excluding carboxylic acids is 1. The SMILES string of the molecule is Cc1ccc(-c2csc3ncnc(SCC(=O)N[C@@H](C)c4ccc(S(C)(=O)=O)cc4)c23)cc1. The molecule has 0 bridgehead atoms. The predicted molar refractivity (Wildman–Crippen MR) is 134 cm³/mol. The molecule has 6 nitrogen and oxygen atoms in total. The molecule has 0 radical (unpaired) electrons. The van der Waals surface area contributed by atoms with Gasteiger partial charge in [-0.15, -0.1) is 11.3 Å². The van der Waals surface area contributed by atoms with Crippen LogP contribution >= 0.6 is 23.1 Å². The number of rotatable bonds is 7. The number of nitrogens with one attached hydrogen (secondary N) is 1. The molecule has 0 fully saturated rings. The molecule has 9 heteroatoms. The van der Waals surface area contributed by atoms with Crippen molar-refractivity contribution in [2.75, 3.05) is 12.0 Å². The number of benzene rings is 2. The summed E-state index contributed by atoms with van der Waals surface area (Å²) in [6, 6.07) is 14.6. The minimum absolute atomic E-state index is 0.126. The van der Waals surface area contributed by atoms with Gasteiger partial charge in [-0.3, -0.25) is 4.79 Å². The third-order valence-corrected chi connectivity index (χ3v) is 8.23. The fourth-order valence-corrected chi connectivity index (χ4v) is 5.84. The Balaban J connectivity index is 1.46. The van der Waals surface area contributed by atoms with Gasteiger partial charge in [-0.05, 0) is 37.1 Å². The fraction of sp³-hybridized carbons (Fsp3) is 0.208. The summed E-state index contributed by atoms with van der Waals surface area (Å²) in [6.07, 6.45) is 2.70. The smallest absolute Gasteiger partial charge is 0.230 e. The van der Waals surface area contributed by atoms with Crippen molar-refractivity contribution in [3.8, 4) is 11.1 Å². The summed E-state index contributed by atoms with van der Waals surface area (Å²) < 4.78 is 23.3. The second-order valence-corrected chi connectivity index (χ2v) is 11.6. The van der Waals surface area contributed by atoms with Crippen LogP contribution in [0.5, 0.6) is 0 Å². The number of hydrogen-bond donors (Lipinski definition) is 1. The zero-order chi connectivity index (χ0) is 23.6. The molecule has 0 unspecified atom stereocenters. The lowest BCUT2D eigenvalue weighted by Crippen LogP contribution is -2.28. The van der Waals surface area contributed by atoms with E-state index < -0.39 is 9.84 Å². The third-order valence-electron chi connectivity index (χ3n) is 5.22. The van der Waals surface area contributed by atoms with Crippen molar-refractivity contribution in [3.63, 3.8) is 0 Å². The van der Waals surface area contributed by atoms with Crippen LogP contribution in [0.2, 0.25) is 0 Å². The molecule has 2 aromatic heterocycles. The molecule has 2 aromatic carbocycles. The number of fused-ring (bicyclic) bond motifs is 1. The Bertz CT molecular complexity index is 1400. The van der Waals surface area contributed by atoms with Crippen LogP contribution in [0.3, 0.4) is 0 Å². The summed E-state index contributed by atoms with van der Waals surface area (Å²) in [5.41, 5.74) is 4.20. The molecule has 0 aliphatic heterocycles. The van der Waals surface area contributed by atoms with Crippen LogP contribution in [0.25, 0.3) is 21.3 Å². The van der Waals surface area contributed by atoms with Crippen molar-refractivity contribution in [1.82, 2.24) is 15.3 Å². The van der Waals surface area contributed by atoms with Gasteiger partial charge in [-0.2, -0.15) is 0 Å². The van der Waals surface area contributed by atoms with Gasteiger partial charge in [0, 0.05) is 17.2 Å². The van der Waals surface area contributed by atoms with Gasteiger partial charge >= 0.3 is 0 Å². The first-order valence-corrected chi connectivity index (χ1v) is 14.0. The van der Waals surface area contributed by atoms with Gasteiger partial charge in [0.25, 0.3) is 0 Å². The molecule has 4 rings (SSSR count). The third kappa shape index (κ3) is 5.43. The highest BCUT2D eigenvalue weighted by Crippen LogP contribution is 2.37. The van der Waals surface area contributed by atoms with Gasteiger partial charge in [-0.1, -0.05) is 53.7 Å². The van der Waals surface area contributed by atoms with E-state index in [4.69, 9.17) is 0 Å².